The summed E-state index contributed by atoms with van der Waals surface area (Å²) in [5.74, 6) is 0. The first-order valence-corrected chi connectivity index (χ1v) is 8.99. The van der Waals surface area contributed by atoms with Crippen molar-refractivity contribution in [2.24, 2.45) is 0 Å². The van der Waals surface area contributed by atoms with Crippen LogP contribution in [-0.4, -0.2) is 57.3 Å². The minimum absolute atomic E-state index is 0.371. The van der Waals surface area contributed by atoms with Crippen LogP contribution in [0.4, 0.5) is 0 Å². The average Bonchev–Trinajstić information content (AvgIpc) is 2.84. The van der Waals surface area contributed by atoms with Gasteiger partial charge in [-0.1, -0.05) is 13.8 Å². The molecule has 1 saturated heterocycles. The second kappa shape index (κ2) is 8.19. The van der Waals surface area contributed by atoms with Crippen molar-refractivity contribution in [3.8, 4) is 0 Å². The van der Waals surface area contributed by atoms with Gasteiger partial charge in [0.1, 0.15) is 0 Å². The lowest BCUT2D eigenvalue weighted by atomic mass is 10.2. The van der Waals surface area contributed by atoms with E-state index in [2.05, 4.69) is 28.8 Å². The van der Waals surface area contributed by atoms with Crippen LogP contribution in [0, 0.1) is 0 Å². The molecule has 6 heteroatoms. The fraction of sp³-hybridized carbons (Fsp3) is 1.00. The van der Waals surface area contributed by atoms with E-state index < -0.39 is 10.0 Å². The van der Waals surface area contributed by atoms with Crippen molar-refractivity contribution < 1.29 is 8.42 Å². The van der Waals surface area contributed by atoms with Gasteiger partial charge in [-0.05, 0) is 45.8 Å². The Hall–Kier alpha value is -0.170. The number of hydrogen-bond acceptors (Lipinski definition) is 4. The van der Waals surface area contributed by atoms with Crippen molar-refractivity contribution >= 4 is 10.0 Å². The summed E-state index contributed by atoms with van der Waals surface area (Å²) >= 11 is 0. The molecule has 0 radical (unpaired) electrons. The number of hydrogen-bond donors (Lipinski definition) is 2. The third-order valence-electron chi connectivity index (χ3n) is 3.81. The maximum atomic E-state index is 12.1. The molecule has 5 nitrogen and oxygen atoms in total. The van der Waals surface area contributed by atoms with Gasteiger partial charge in [-0.25, -0.2) is 13.1 Å². The highest BCUT2D eigenvalue weighted by Gasteiger charge is 2.26. The number of nitrogens with zero attached hydrogens (tertiary/aromatic N) is 1. The smallest absolute Gasteiger partial charge is 0.215 e. The normalized spacial score (nSPS) is 22.8. The summed E-state index contributed by atoms with van der Waals surface area (Å²) in [6.45, 7) is 9.99. The summed E-state index contributed by atoms with van der Waals surface area (Å²) in [7, 11) is -3.20. The molecule has 0 bridgehead atoms. The third kappa shape index (κ3) is 5.38. The summed E-state index contributed by atoms with van der Waals surface area (Å²) in [5, 5.41) is 2.78. The monoisotopic (exact) mass is 291 g/mol. The molecule has 1 aliphatic heterocycles. The molecule has 114 valence electrons. The zero-order valence-corrected chi connectivity index (χ0v) is 13.3. The Labute approximate surface area is 118 Å². The molecule has 1 fully saturated rings. The van der Waals surface area contributed by atoms with Crippen LogP contribution >= 0.6 is 0 Å². The second-order valence-electron chi connectivity index (χ2n) is 5.33. The molecular weight excluding hydrogens is 262 g/mol. The van der Waals surface area contributed by atoms with E-state index in [-0.39, 0.29) is 5.25 Å². The van der Waals surface area contributed by atoms with Crippen LogP contribution in [0.15, 0.2) is 0 Å². The predicted molar refractivity (Wildman–Crippen MR) is 79.8 cm³/mol. The topological polar surface area (TPSA) is 61.4 Å². The number of sulfonamides is 1. The van der Waals surface area contributed by atoms with Gasteiger partial charge >= 0.3 is 0 Å². The summed E-state index contributed by atoms with van der Waals surface area (Å²) in [4.78, 5) is 2.35. The van der Waals surface area contributed by atoms with E-state index in [0.29, 0.717) is 19.1 Å². The van der Waals surface area contributed by atoms with Crippen LogP contribution in [0.2, 0.25) is 0 Å². The molecule has 2 unspecified atom stereocenters. The van der Waals surface area contributed by atoms with E-state index in [4.69, 9.17) is 0 Å². The molecule has 0 saturated carbocycles. The van der Waals surface area contributed by atoms with Gasteiger partial charge in [0, 0.05) is 19.1 Å². The van der Waals surface area contributed by atoms with Gasteiger partial charge in [0.15, 0.2) is 0 Å². The Kier molecular flexibility index (Phi) is 7.28. The first-order chi connectivity index (χ1) is 9.01. The molecular formula is C13H29N3O2S. The fourth-order valence-corrected chi connectivity index (χ4v) is 3.54. The maximum Gasteiger partial charge on any atom is 0.215 e. The Balaban J connectivity index is 2.37. The van der Waals surface area contributed by atoms with E-state index in [1.165, 1.54) is 6.42 Å². The van der Waals surface area contributed by atoms with Crippen molar-refractivity contribution in [3.05, 3.63) is 0 Å². The van der Waals surface area contributed by atoms with Gasteiger partial charge in [-0.2, -0.15) is 0 Å². The van der Waals surface area contributed by atoms with Crippen molar-refractivity contribution in [1.82, 2.24) is 14.9 Å². The summed E-state index contributed by atoms with van der Waals surface area (Å²) in [5.41, 5.74) is 0. The Morgan fingerprint density at radius 3 is 2.74 bits per heavy atom. The van der Waals surface area contributed by atoms with Gasteiger partial charge in [0.2, 0.25) is 10.0 Å². The van der Waals surface area contributed by atoms with Crippen molar-refractivity contribution in [2.45, 2.75) is 51.3 Å². The minimum atomic E-state index is -3.20. The largest absolute Gasteiger partial charge is 0.315 e. The number of rotatable bonds is 9. The second-order valence-corrected chi connectivity index (χ2v) is 7.52. The predicted octanol–water partition coefficient (Wildman–Crippen LogP) is 0.778. The highest BCUT2D eigenvalue weighted by atomic mass is 32.2. The van der Waals surface area contributed by atoms with E-state index >= 15 is 0 Å². The van der Waals surface area contributed by atoms with Crippen LogP contribution in [0.5, 0.6) is 0 Å². The van der Waals surface area contributed by atoms with E-state index in [9.17, 15) is 8.42 Å². The molecule has 0 aromatic heterocycles. The van der Waals surface area contributed by atoms with Gasteiger partial charge in [-0.15, -0.1) is 0 Å². The first kappa shape index (κ1) is 16.9. The minimum Gasteiger partial charge on any atom is -0.315 e. The van der Waals surface area contributed by atoms with E-state index in [1.807, 2.05) is 0 Å². The Morgan fingerprint density at radius 2 is 2.11 bits per heavy atom. The lowest BCUT2D eigenvalue weighted by Crippen LogP contribution is -2.44. The molecule has 0 aliphatic carbocycles. The van der Waals surface area contributed by atoms with Crippen LogP contribution in [0.1, 0.15) is 40.0 Å². The van der Waals surface area contributed by atoms with E-state index in [0.717, 1.165) is 32.5 Å². The van der Waals surface area contributed by atoms with E-state index in [1.54, 1.807) is 6.92 Å². The molecule has 2 N–H and O–H groups in total. The first-order valence-electron chi connectivity index (χ1n) is 7.44. The van der Waals surface area contributed by atoms with Crippen molar-refractivity contribution in [1.29, 1.82) is 0 Å². The van der Waals surface area contributed by atoms with Crippen LogP contribution in [-0.2, 0) is 10.0 Å². The highest BCUT2D eigenvalue weighted by Crippen LogP contribution is 2.16. The number of likely N-dealkylation sites (N-methyl/N-ethyl adjacent to an activating group) is 1. The number of nitrogens with one attached hydrogen (secondary N) is 2. The summed E-state index contributed by atoms with van der Waals surface area (Å²) in [6.07, 6.45) is 3.29. The van der Waals surface area contributed by atoms with Crippen molar-refractivity contribution in [3.63, 3.8) is 0 Å². The Bertz CT molecular complexity index is 346. The van der Waals surface area contributed by atoms with Gasteiger partial charge < -0.3 is 5.32 Å². The highest BCUT2D eigenvalue weighted by molar-refractivity contribution is 7.90. The maximum absolute atomic E-state index is 12.1. The van der Waals surface area contributed by atoms with Gasteiger partial charge in [0.05, 0.1) is 5.25 Å². The van der Waals surface area contributed by atoms with Gasteiger partial charge in [-0.3, -0.25) is 4.90 Å². The lowest BCUT2D eigenvalue weighted by Gasteiger charge is -2.24. The molecule has 0 spiro atoms. The van der Waals surface area contributed by atoms with Crippen LogP contribution < -0.4 is 10.0 Å². The molecule has 1 heterocycles. The molecule has 0 amide bonds. The third-order valence-corrected chi connectivity index (χ3v) is 5.61. The molecule has 0 aromatic carbocycles. The zero-order valence-electron chi connectivity index (χ0n) is 12.5. The van der Waals surface area contributed by atoms with Crippen molar-refractivity contribution in [2.75, 3.05) is 32.7 Å². The Morgan fingerprint density at radius 1 is 1.37 bits per heavy atom. The molecule has 19 heavy (non-hydrogen) atoms. The standard InChI is InChI=1S/C13H29N3O2S/c1-4-8-14-10-12(3)19(17,18)15-11-13-7-6-9-16(13)5-2/h12-15H,4-11H2,1-3H3. The summed E-state index contributed by atoms with van der Waals surface area (Å²) < 4.78 is 27.0. The zero-order chi connectivity index (χ0) is 14.3. The average molecular weight is 291 g/mol. The van der Waals surface area contributed by atoms with Crippen LogP contribution in [0.25, 0.3) is 0 Å². The molecule has 2 atom stereocenters. The quantitative estimate of drug-likeness (QED) is 0.616. The van der Waals surface area contributed by atoms with Gasteiger partial charge in [0.25, 0.3) is 0 Å². The summed E-state index contributed by atoms with van der Waals surface area (Å²) in [6, 6.07) is 0.371. The molecule has 0 aromatic rings. The van der Waals surface area contributed by atoms with Crippen LogP contribution in [0.3, 0.4) is 0 Å². The molecule has 1 aliphatic rings. The SMILES string of the molecule is CCCNCC(C)S(=O)(=O)NCC1CCCN1CC. The fourth-order valence-electron chi connectivity index (χ4n) is 2.49. The lowest BCUT2D eigenvalue weighted by molar-refractivity contribution is 0.268. The number of likely N-dealkylation sites (tertiary alicyclic amines) is 1. The molecule has 1 rings (SSSR count).